The van der Waals surface area contributed by atoms with E-state index in [1.54, 1.807) is 19.2 Å². The normalized spacial score (nSPS) is 13.6. The molecule has 3 heterocycles. The number of rotatable bonds is 3. The molecule has 0 aliphatic carbocycles. The van der Waals surface area contributed by atoms with Crippen LogP contribution in [0.3, 0.4) is 0 Å². The van der Waals surface area contributed by atoms with E-state index in [1.807, 2.05) is 0 Å². The van der Waals surface area contributed by atoms with Gasteiger partial charge in [-0.15, -0.1) is 0 Å². The maximum absolute atomic E-state index is 14.1. The molecule has 1 aromatic carbocycles. The van der Waals surface area contributed by atoms with Crippen molar-refractivity contribution in [1.82, 2.24) is 19.5 Å². The number of H-pyrrole nitrogens is 1. The first kappa shape index (κ1) is 17.9. The van der Waals surface area contributed by atoms with Crippen molar-refractivity contribution >= 4 is 17.5 Å². The topological polar surface area (TPSA) is 108 Å². The molecule has 144 valence electrons. The first-order valence-corrected chi connectivity index (χ1v) is 8.73. The fourth-order valence-corrected chi connectivity index (χ4v) is 3.62. The van der Waals surface area contributed by atoms with Gasteiger partial charge in [-0.05, 0) is 36.6 Å². The van der Waals surface area contributed by atoms with Gasteiger partial charge in [-0.3, -0.25) is 14.7 Å². The minimum absolute atomic E-state index is 0.00782. The molecule has 28 heavy (non-hydrogen) atoms. The summed E-state index contributed by atoms with van der Waals surface area (Å²) in [5.74, 6) is -1.97. The lowest BCUT2D eigenvalue weighted by Gasteiger charge is -2.30. The van der Waals surface area contributed by atoms with Gasteiger partial charge in [-0.25, -0.2) is 18.7 Å². The number of nitrogens with zero attached hydrogens (tertiary/aromatic N) is 3. The highest BCUT2D eigenvalue weighted by Gasteiger charge is 2.28. The number of halogens is 1. The van der Waals surface area contributed by atoms with Crippen LogP contribution >= 0.6 is 0 Å². The molecule has 1 aliphatic heterocycles. The maximum atomic E-state index is 14.1. The van der Waals surface area contributed by atoms with Crippen LogP contribution in [-0.2, 0) is 24.2 Å². The van der Waals surface area contributed by atoms with Gasteiger partial charge in [-0.2, -0.15) is 0 Å². The van der Waals surface area contributed by atoms with Crippen LogP contribution in [0, 0.1) is 12.7 Å². The number of aromatic amines is 1. The van der Waals surface area contributed by atoms with Crippen LogP contribution in [0.2, 0.25) is 0 Å². The quantitative estimate of drug-likeness (QED) is 0.708. The molecule has 0 spiro atoms. The van der Waals surface area contributed by atoms with E-state index in [0.29, 0.717) is 22.5 Å². The summed E-state index contributed by atoms with van der Waals surface area (Å²) in [7, 11) is 0. The number of carbonyl (C=O) groups excluding carboxylic acids is 1. The van der Waals surface area contributed by atoms with Crippen molar-refractivity contribution in [3.8, 4) is 0 Å². The van der Waals surface area contributed by atoms with Gasteiger partial charge in [0.15, 0.2) is 5.65 Å². The molecule has 2 N–H and O–H groups in total. The van der Waals surface area contributed by atoms with E-state index in [0.717, 1.165) is 6.07 Å². The minimum atomic E-state index is -1.17. The third kappa shape index (κ3) is 2.84. The highest BCUT2D eigenvalue weighted by atomic mass is 19.1. The van der Waals surface area contributed by atoms with Gasteiger partial charge < -0.3 is 10.0 Å². The number of aromatic nitrogens is 3. The van der Waals surface area contributed by atoms with Crippen LogP contribution in [0.15, 0.2) is 29.2 Å². The Morgan fingerprint density at radius 3 is 2.82 bits per heavy atom. The number of nitrogens with one attached hydrogen (secondary N) is 1. The SMILES string of the molecule is Cc1nc2cc[nH]n2c(=O)c1CC(=O)N1CCc2c(F)ccc(C(=O)O)c2C1. The molecule has 1 aliphatic rings. The second-order valence-electron chi connectivity index (χ2n) is 6.74. The Hall–Kier alpha value is -3.49. The minimum Gasteiger partial charge on any atom is -0.478 e. The fourth-order valence-electron chi connectivity index (χ4n) is 3.62. The third-order valence-corrected chi connectivity index (χ3v) is 5.11. The number of hydrogen-bond acceptors (Lipinski definition) is 4. The lowest BCUT2D eigenvalue weighted by Crippen LogP contribution is -2.39. The molecule has 0 radical (unpaired) electrons. The summed E-state index contributed by atoms with van der Waals surface area (Å²) in [6, 6.07) is 4.01. The molecule has 0 atom stereocenters. The highest BCUT2D eigenvalue weighted by Crippen LogP contribution is 2.26. The summed E-state index contributed by atoms with van der Waals surface area (Å²) in [5.41, 5.74) is 1.47. The molecule has 9 heteroatoms. The number of benzene rings is 1. The lowest BCUT2D eigenvalue weighted by atomic mass is 9.94. The summed E-state index contributed by atoms with van der Waals surface area (Å²) in [5, 5.41) is 12.1. The van der Waals surface area contributed by atoms with Gasteiger partial charge in [0.1, 0.15) is 5.82 Å². The predicted molar refractivity (Wildman–Crippen MR) is 96.7 cm³/mol. The Kier molecular flexibility index (Phi) is 4.21. The highest BCUT2D eigenvalue weighted by molar-refractivity contribution is 5.90. The van der Waals surface area contributed by atoms with Crippen LogP contribution < -0.4 is 5.56 Å². The number of aromatic carboxylic acids is 1. The molecule has 0 unspecified atom stereocenters. The number of amides is 1. The van der Waals surface area contributed by atoms with Crippen molar-refractivity contribution < 1.29 is 19.1 Å². The summed E-state index contributed by atoms with van der Waals surface area (Å²) in [6.07, 6.45) is 1.64. The second-order valence-corrected chi connectivity index (χ2v) is 6.74. The Morgan fingerprint density at radius 2 is 2.07 bits per heavy atom. The summed E-state index contributed by atoms with van der Waals surface area (Å²) in [4.78, 5) is 42.7. The van der Waals surface area contributed by atoms with Crippen molar-refractivity contribution in [1.29, 1.82) is 0 Å². The molecule has 0 saturated heterocycles. The molecular formula is C19H17FN4O4. The Labute approximate surface area is 158 Å². The largest absolute Gasteiger partial charge is 0.478 e. The van der Waals surface area contributed by atoms with Crippen molar-refractivity contribution in [3.63, 3.8) is 0 Å². The monoisotopic (exact) mass is 384 g/mol. The summed E-state index contributed by atoms with van der Waals surface area (Å²) >= 11 is 0. The van der Waals surface area contributed by atoms with Crippen molar-refractivity contribution in [2.24, 2.45) is 0 Å². The number of hydrogen-bond donors (Lipinski definition) is 2. The molecule has 0 bridgehead atoms. The van der Waals surface area contributed by atoms with Crippen LogP contribution in [0.4, 0.5) is 4.39 Å². The number of fused-ring (bicyclic) bond motifs is 2. The molecule has 8 nitrogen and oxygen atoms in total. The zero-order valence-corrected chi connectivity index (χ0v) is 15.0. The van der Waals surface area contributed by atoms with Crippen LogP contribution in [-0.4, -0.2) is 43.0 Å². The third-order valence-electron chi connectivity index (χ3n) is 5.11. The summed E-state index contributed by atoms with van der Waals surface area (Å²) < 4.78 is 15.3. The van der Waals surface area contributed by atoms with E-state index in [-0.39, 0.29) is 48.5 Å². The Morgan fingerprint density at radius 1 is 1.29 bits per heavy atom. The van der Waals surface area contributed by atoms with Gasteiger partial charge in [-0.1, -0.05) is 0 Å². The van der Waals surface area contributed by atoms with E-state index in [4.69, 9.17) is 0 Å². The van der Waals surface area contributed by atoms with Crippen molar-refractivity contribution in [2.75, 3.05) is 6.54 Å². The number of carboxylic acid groups (broad SMARTS) is 1. The maximum Gasteiger partial charge on any atom is 0.336 e. The van der Waals surface area contributed by atoms with Gasteiger partial charge in [0.25, 0.3) is 5.56 Å². The average Bonchev–Trinajstić information content (AvgIpc) is 3.13. The van der Waals surface area contributed by atoms with Crippen molar-refractivity contribution in [3.05, 3.63) is 68.5 Å². The van der Waals surface area contributed by atoms with Crippen molar-refractivity contribution in [2.45, 2.75) is 26.3 Å². The number of aryl methyl sites for hydroxylation is 1. The van der Waals surface area contributed by atoms with Gasteiger partial charge >= 0.3 is 5.97 Å². The Balaban J connectivity index is 1.64. The fraction of sp³-hybridized carbons (Fsp3) is 0.263. The van der Waals surface area contributed by atoms with Gasteiger partial charge in [0.05, 0.1) is 12.0 Å². The first-order valence-electron chi connectivity index (χ1n) is 8.73. The molecule has 4 rings (SSSR count). The summed E-state index contributed by atoms with van der Waals surface area (Å²) in [6.45, 7) is 1.91. The average molecular weight is 384 g/mol. The van der Waals surface area contributed by atoms with E-state index in [1.165, 1.54) is 15.5 Å². The molecule has 0 fully saturated rings. The molecule has 1 amide bonds. The zero-order valence-electron chi connectivity index (χ0n) is 15.0. The zero-order chi connectivity index (χ0) is 20.0. The van der Waals surface area contributed by atoms with E-state index in [9.17, 15) is 23.9 Å². The van der Waals surface area contributed by atoms with Crippen LogP contribution in [0.1, 0.15) is 32.7 Å². The molecule has 0 saturated carbocycles. The van der Waals surface area contributed by atoms with E-state index < -0.39 is 11.8 Å². The second kappa shape index (κ2) is 6.59. The number of carboxylic acids is 1. The Bertz CT molecular complexity index is 1180. The van der Waals surface area contributed by atoms with Crippen LogP contribution in [0.5, 0.6) is 0 Å². The van der Waals surface area contributed by atoms with Gasteiger partial charge in [0.2, 0.25) is 5.91 Å². The predicted octanol–water partition coefficient (Wildman–Crippen LogP) is 1.30. The van der Waals surface area contributed by atoms with E-state index >= 15 is 0 Å². The van der Waals surface area contributed by atoms with Crippen LogP contribution in [0.25, 0.3) is 5.65 Å². The number of carbonyl (C=O) groups is 2. The smallest absolute Gasteiger partial charge is 0.336 e. The first-order chi connectivity index (χ1) is 13.4. The van der Waals surface area contributed by atoms with Gasteiger partial charge in [0, 0.05) is 36.6 Å². The molecular weight excluding hydrogens is 367 g/mol. The molecule has 2 aromatic heterocycles. The molecule has 3 aromatic rings. The lowest BCUT2D eigenvalue weighted by molar-refractivity contribution is -0.131. The standard InChI is InChI=1S/C19H17FN4O4/c1-10-13(18(26)24-16(22-10)4-6-21-24)8-17(25)23-7-5-11-14(9-23)12(19(27)28)2-3-15(11)20/h2-4,6,21H,5,7-9H2,1H3,(H,27,28). The van der Waals surface area contributed by atoms with E-state index in [2.05, 4.69) is 10.1 Å².